The Hall–Kier alpha value is -2.75. The van der Waals surface area contributed by atoms with Crippen LogP contribution in [0, 0.1) is 0 Å². The maximum atomic E-state index is 11.7. The van der Waals surface area contributed by atoms with E-state index in [4.69, 9.17) is 4.74 Å². The topological polar surface area (TPSA) is 41.6 Å². The predicted octanol–water partition coefficient (Wildman–Crippen LogP) is 6.39. The Bertz CT molecular complexity index is 802. The first kappa shape index (κ1) is 21.0. The normalized spacial score (nSPS) is 12.7. The van der Waals surface area contributed by atoms with Crippen molar-refractivity contribution in [3.8, 4) is 0 Å². The summed E-state index contributed by atoms with van der Waals surface area (Å²) < 4.78 is 5.26. The smallest absolute Gasteiger partial charge is 0.407 e. The second kappa shape index (κ2) is 9.64. The summed E-state index contributed by atoms with van der Waals surface area (Å²) in [6.07, 6.45) is 8.37. The van der Waals surface area contributed by atoms with Crippen molar-refractivity contribution in [2.24, 2.45) is 0 Å². The highest BCUT2D eigenvalue weighted by Gasteiger charge is 2.17. The first-order valence-electron chi connectivity index (χ1n) is 10.5. The molecular formula is C25H32N2O2. The number of alkyl carbamates (subject to hydrolysis) is 1. The molecule has 0 unspecified atom stereocenters. The van der Waals surface area contributed by atoms with E-state index in [0.29, 0.717) is 6.54 Å². The molecule has 1 aliphatic heterocycles. The third-order valence-corrected chi connectivity index (χ3v) is 4.87. The second-order valence-electron chi connectivity index (χ2n) is 8.45. The molecule has 1 amide bonds. The lowest BCUT2D eigenvalue weighted by atomic mass is 10.1. The molecule has 4 heteroatoms. The Morgan fingerprint density at radius 1 is 0.862 bits per heavy atom. The van der Waals surface area contributed by atoms with Crippen LogP contribution >= 0.6 is 0 Å². The lowest BCUT2D eigenvalue weighted by molar-refractivity contribution is 0.0527. The van der Waals surface area contributed by atoms with E-state index < -0.39 is 5.60 Å². The minimum Gasteiger partial charge on any atom is -0.444 e. The summed E-state index contributed by atoms with van der Waals surface area (Å²) in [5.74, 6) is 0. The Kier molecular flexibility index (Phi) is 6.97. The standard InChI is InChI=1S/C25H32N2O2/c1-25(2,3)29-24(28)26-18-10-4-5-11-19-27-22-14-8-6-12-20(22)16-17-21-13-7-9-15-23(21)27/h6-9,12-17H,4-5,10-11,18-19H2,1-3H3,(H,26,28). The number of para-hydroxylation sites is 2. The van der Waals surface area contributed by atoms with Crippen molar-refractivity contribution in [3.05, 3.63) is 59.7 Å². The van der Waals surface area contributed by atoms with Crippen LogP contribution in [-0.2, 0) is 4.74 Å². The number of carbonyl (C=O) groups is 1. The van der Waals surface area contributed by atoms with Crippen LogP contribution < -0.4 is 10.2 Å². The maximum absolute atomic E-state index is 11.7. The summed E-state index contributed by atoms with van der Waals surface area (Å²) in [5.41, 5.74) is 4.59. The highest BCUT2D eigenvalue weighted by molar-refractivity contribution is 5.88. The van der Waals surface area contributed by atoms with Gasteiger partial charge < -0.3 is 15.0 Å². The molecule has 0 saturated carbocycles. The zero-order valence-electron chi connectivity index (χ0n) is 17.8. The van der Waals surface area contributed by atoms with Crippen LogP contribution in [0.2, 0.25) is 0 Å². The third-order valence-electron chi connectivity index (χ3n) is 4.87. The zero-order chi connectivity index (χ0) is 20.7. The summed E-state index contributed by atoms with van der Waals surface area (Å²) >= 11 is 0. The van der Waals surface area contributed by atoms with E-state index in [1.807, 2.05) is 20.8 Å². The van der Waals surface area contributed by atoms with Crippen molar-refractivity contribution in [1.29, 1.82) is 0 Å². The van der Waals surface area contributed by atoms with Gasteiger partial charge in [-0.15, -0.1) is 0 Å². The molecule has 154 valence electrons. The van der Waals surface area contributed by atoms with Gasteiger partial charge in [-0.25, -0.2) is 4.79 Å². The maximum Gasteiger partial charge on any atom is 0.407 e. The van der Waals surface area contributed by atoms with E-state index in [2.05, 4.69) is 70.9 Å². The van der Waals surface area contributed by atoms with Gasteiger partial charge >= 0.3 is 6.09 Å². The van der Waals surface area contributed by atoms with Gasteiger partial charge in [-0.1, -0.05) is 61.4 Å². The minimum absolute atomic E-state index is 0.331. The van der Waals surface area contributed by atoms with E-state index >= 15 is 0 Å². The average molecular weight is 393 g/mol. The van der Waals surface area contributed by atoms with Gasteiger partial charge in [0.15, 0.2) is 0 Å². The molecule has 2 aromatic rings. The van der Waals surface area contributed by atoms with E-state index in [1.54, 1.807) is 0 Å². The van der Waals surface area contributed by atoms with Crippen LogP contribution in [0.25, 0.3) is 12.2 Å². The molecule has 29 heavy (non-hydrogen) atoms. The molecule has 0 saturated heterocycles. The average Bonchev–Trinajstić information content (AvgIpc) is 2.83. The Morgan fingerprint density at radius 3 is 2.00 bits per heavy atom. The number of anilines is 2. The number of benzene rings is 2. The molecule has 3 rings (SSSR count). The van der Waals surface area contributed by atoms with E-state index in [1.165, 1.54) is 22.5 Å². The van der Waals surface area contributed by atoms with Gasteiger partial charge in [0.2, 0.25) is 0 Å². The fourth-order valence-electron chi connectivity index (χ4n) is 3.55. The van der Waals surface area contributed by atoms with Gasteiger partial charge in [-0.3, -0.25) is 0 Å². The van der Waals surface area contributed by atoms with Crippen LogP contribution in [0.4, 0.5) is 16.2 Å². The number of hydrogen-bond acceptors (Lipinski definition) is 3. The first-order valence-corrected chi connectivity index (χ1v) is 10.5. The molecule has 1 heterocycles. The minimum atomic E-state index is -0.446. The molecule has 0 atom stereocenters. The lowest BCUT2D eigenvalue weighted by Crippen LogP contribution is -2.33. The van der Waals surface area contributed by atoms with Crippen molar-refractivity contribution >= 4 is 29.6 Å². The Balaban J connectivity index is 1.49. The third kappa shape index (κ3) is 6.11. The quantitative estimate of drug-likeness (QED) is 0.555. The van der Waals surface area contributed by atoms with Crippen LogP contribution in [0.1, 0.15) is 57.6 Å². The van der Waals surface area contributed by atoms with Crippen LogP contribution in [0.15, 0.2) is 48.5 Å². The van der Waals surface area contributed by atoms with Crippen LogP contribution in [0.5, 0.6) is 0 Å². The van der Waals surface area contributed by atoms with E-state index in [9.17, 15) is 4.79 Å². The highest BCUT2D eigenvalue weighted by atomic mass is 16.6. The van der Waals surface area contributed by atoms with E-state index in [0.717, 1.165) is 32.2 Å². The first-order chi connectivity index (χ1) is 13.9. The fraction of sp³-hybridized carbons (Fsp3) is 0.400. The Morgan fingerprint density at radius 2 is 1.41 bits per heavy atom. The second-order valence-corrected chi connectivity index (χ2v) is 8.45. The molecule has 0 spiro atoms. The zero-order valence-corrected chi connectivity index (χ0v) is 17.8. The van der Waals surface area contributed by atoms with Crippen molar-refractivity contribution in [2.45, 2.75) is 52.1 Å². The molecule has 0 aliphatic carbocycles. The number of amides is 1. The number of fused-ring (bicyclic) bond motifs is 2. The summed E-state index contributed by atoms with van der Waals surface area (Å²) in [4.78, 5) is 14.1. The predicted molar refractivity (Wildman–Crippen MR) is 122 cm³/mol. The van der Waals surface area contributed by atoms with Gasteiger partial charge in [0.1, 0.15) is 5.60 Å². The van der Waals surface area contributed by atoms with Crippen molar-refractivity contribution in [3.63, 3.8) is 0 Å². The number of carbonyl (C=O) groups excluding carboxylic acids is 1. The van der Waals surface area contributed by atoms with Gasteiger partial charge in [-0.05, 0) is 56.9 Å². The molecule has 1 aliphatic rings. The van der Waals surface area contributed by atoms with Crippen LogP contribution in [0.3, 0.4) is 0 Å². The summed E-state index contributed by atoms with van der Waals surface area (Å²) in [6.45, 7) is 7.27. The monoisotopic (exact) mass is 392 g/mol. The lowest BCUT2D eigenvalue weighted by Gasteiger charge is -2.27. The SMILES string of the molecule is CC(C)(C)OC(=O)NCCCCCCN1c2ccccc2C=Cc2ccccc21. The summed E-state index contributed by atoms with van der Waals surface area (Å²) in [7, 11) is 0. The molecule has 0 fully saturated rings. The summed E-state index contributed by atoms with van der Waals surface area (Å²) in [6, 6.07) is 17.1. The number of nitrogens with one attached hydrogen (secondary N) is 1. The number of unbranched alkanes of at least 4 members (excludes halogenated alkanes) is 3. The van der Waals surface area contributed by atoms with E-state index in [-0.39, 0.29) is 6.09 Å². The number of nitrogens with zero attached hydrogens (tertiary/aromatic N) is 1. The van der Waals surface area contributed by atoms with Crippen molar-refractivity contribution < 1.29 is 9.53 Å². The molecule has 4 nitrogen and oxygen atoms in total. The highest BCUT2D eigenvalue weighted by Crippen LogP contribution is 2.36. The van der Waals surface area contributed by atoms with Crippen molar-refractivity contribution in [2.75, 3.05) is 18.0 Å². The molecule has 0 radical (unpaired) electrons. The van der Waals surface area contributed by atoms with Gasteiger partial charge in [0, 0.05) is 24.5 Å². The molecule has 2 aromatic carbocycles. The van der Waals surface area contributed by atoms with Gasteiger partial charge in [0.25, 0.3) is 0 Å². The molecule has 0 bridgehead atoms. The van der Waals surface area contributed by atoms with Gasteiger partial charge in [-0.2, -0.15) is 0 Å². The Labute approximate surface area is 174 Å². The molecule has 0 aromatic heterocycles. The number of hydrogen-bond donors (Lipinski definition) is 1. The van der Waals surface area contributed by atoms with Gasteiger partial charge in [0.05, 0.1) is 0 Å². The number of ether oxygens (including phenoxy) is 1. The fourth-order valence-corrected chi connectivity index (χ4v) is 3.55. The summed E-state index contributed by atoms with van der Waals surface area (Å²) in [5, 5.41) is 2.83. The molecular weight excluding hydrogens is 360 g/mol. The molecule has 1 N–H and O–H groups in total. The largest absolute Gasteiger partial charge is 0.444 e. The number of rotatable bonds is 7. The van der Waals surface area contributed by atoms with Crippen molar-refractivity contribution in [1.82, 2.24) is 5.32 Å². The van der Waals surface area contributed by atoms with Crippen LogP contribution in [-0.4, -0.2) is 24.8 Å².